The maximum Gasteiger partial charge on any atom is 0.0463 e. The van der Waals surface area contributed by atoms with Gasteiger partial charge in [-0.1, -0.05) is 158 Å². The van der Waals surface area contributed by atoms with Crippen LogP contribution in [0.4, 0.5) is 28.4 Å². The maximum absolute atomic E-state index is 5.76. The summed E-state index contributed by atoms with van der Waals surface area (Å²) in [6.45, 7) is 0. The fraction of sp³-hybridized carbons (Fsp3) is 0. The van der Waals surface area contributed by atoms with Gasteiger partial charge in [-0.05, 0) is 150 Å². The molecule has 0 saturated heterocycles. The minimum Gasteiger partial charge on any atom is -0.398 e. The highest BCUT2D eigenvalue weighted by molar-refractivity contribution is 14.1. The summed E-state index contributed by atoms with van der Waals surface area (Å²) >= 11 is 4.64. The number of anilines is 5. The summed E-state index contributed by atoms with van der Waals surface area (Å²) in [5.74, 6) is 0. The number of nitrogens with two attached hydrogens (primary N) is 1. The fourth-order valence-electron chi connectivity index (χ4n) is 7.01. The number of hydrogen-bond acceptors (Lipinski definition) is 3. The van der Waals surface area contributed by atoms with Crippen molar-refractivity contribution in [1.29, 1.82) is 0 Å². The molecule has 0 aliphatic carbocycles. The van der Waals surface area contributed by atoms with Crippen LogP contribution >= 0.6 is 45.2 Å². The number of rotatable bonds is 6. The molecule has 0 unspecified atom stereocenters. The predicted molar refractivity (Wildman–Crippen MR) is 272 cm³/mol. The van der Waals surface area contributed by atoms with Gasteiger partial charge in [-0.25, -0.2) is 0 Å². The van der Waals surface area contributed by atoms with Gasteiger partial charge in [0.1, 0.15) is 0 Å². The molecule has 10 aromatic rings. The van der Waals surface area contributed by atoms with Crippen LogP contribution in [0.5, 0.6) is 0 Å². The molecule has 59 heavy (non-hydrogen) atoms. The number of nitrogens with one attached hydrogen (secondary N) is 2. The first kappa shape index (κ1) is 39.7. The highest BCUT2D eigenvalue weighted by atomic mass is 127. The van der Waals surface area contributed by atoms with Gasteiger partial charge < -0.3 is 16.4 Å². The summed E-state index contributed by atoms with van der Waals surface area (Å²) in [4.78, 5) is 0. The Hall–Kier alpha value is -6.16. The van der Waals surface area contributed by atoms with E-state index in [9.17, 15) is 0 Å². The first-order valence-corrected chi connectivity index (χ1v) is 21.6. The third kappa shape index (κ3) is 10.1. The van der Waals surface area contributed by atoms with Crippen molar-refractivity contribution < 1.29 is 0 Å². The smallest absolute Gasteiger partial charge is 0.0463 e. The van der Waals surface area contributed by atoms with Gasteiger partial charge in [-0.15, -0.1) is 0 Å². The zero-order chi connectivity index (χ0) is 40.4. The molecule has 0 saturated carbocycles. The third-order valence-electron chi connectivity index (χ3n) is 10.1. The quantitative estimate of drug-likeness (QED) is 0.115. The SMILES string of the molecule is Ic1ccc(-c2ccc(I)cc2)cc1.Nc1cccc2ccccc12.c1ccc2c(Nc3ccc(-c4ccc(Nc5cccc6ccccc56)cc4)cc3)cccc2c1. The second kappa shape index (κ2) is 19.1. The van der Waals surface area contributed by atoms with E-state index in [0.29, 0.717) is 0 Å². The molecule has 0 spiro atoms. The molecule has 286 valence electrons. The molecule has 0 bridgehead atoms. The second-order valence-electron chi connectivity index (χ2n) is 14.0. The van der Waals surface area contributed by atoms with E-state index < -0.39 is 0 Å². The lowest BCUT2D eigenvalue weighted by molar-refractivity contribution is 1.54. The van der Waals surface area contributed by atoms with Gasteiger partial charge in [-0.2, -0.15) is 0 Å². The molecule has 0 atom stereocenters. The summed E-state index contributed by atoms with van der Waals surface area (Å²) in [7, 11) is 0. The minimum absolute atomic E-state index is 0.850. The second-order valence-corrected chi connectivity index (χ2v) is 16.5. The maximum atomic E-state index is 5.76. The van der Waals surface area contributed by atoms with E-state index in [4.69, 9.17) is 5.73 Å². The number of fused-ring (bicyclic) bond motifs is 3. The molecule has 3 nitrogen and oxygen atoms in total. The zero-order valence-electron chi connectivity index (χ0n) is 32.2. The van der Waals surface area contributed by atoms with Crippen LogP contribution in [0.3, 0.4) is 0 Å². The van der Waals surface area contributed by atoms with E-state index >= 15 is 0 Å². The number of halogens is 2. The topological polar surface area (TPSA) is 50.1 Å². The van der Waals surface area contributed by atoms with Crippen LogP contribution in [0, 0.1) is 7.14 Å². The monoisotopic (exact) mass is 985 g/mol. The van der Waals surface area contributed by atoms with E-state index in [-0.39, 0.29) is 0 Å². The standard InChI is InChI=1S/C32H24N2.C12H8I2.C10H9N/c1-3-11-29-25(7-1)9-5-13-31(29)33-27-19-15-23(16-20-27)24-17-21-28(22-18-24)34-32-14-6-10-26-8-2-4-12-30(26)32;13-11-5-1-9(2-6-11)10-3-7-12(14)8-4-10;11-10-7-3-5-8-4-1-2-6-9(8)10/h1-22,33-34H;1-8H;1-7H,11H2. The lowest BCUT2D eigenvalue weighted by atomic mass is 10.0. The van der Waals surface area contributed by atoms with Crippen LogP contribution in [0.2, 0.25) is 0 Å². The van der Waals surface area contributed by atoms with Crippen LogP contribution < -0.4 is 16.4 Å². The molecule has 0 aliphatic rings. The largest absolute Gasteiger partial charge is 0.398 e. The summed E-state index contributed by atoms with van der Waals surface area (Å²) in [6, 6.07) is 78.0. The summed E-state index contributed by atoms with van der Waals surface area (Å²) in [5, 5.41) is 14.4. The van der Waals surface area contributed by atoms with E-state index in [1.807, 2.05) is 30.3 Å². The molecule has 0 heterocycles. The van der Waals surface area contributed by atoms with Crippen molar-refractivity contribution in [2.24, 2.45) is 0 Å². The molecular weight excluding hydrogens is 944 g/mol. The average Bonchev–Trinajstić information content (AvgIpc) is 3.28. The molecule has 10 aromatic carbocycles. The number of nitrogen functional groups attached to an aromatic ring is 1. The zero-order valence-corrected chi connectivity index (χ0v) is 36.5. The Morgan fingerprint density at radius 1 is 0.288 bits per heavy atom. The van der Waals surface area contributed by atoms with Gasteiger partial charge in [0, 0.05) is 51.7 Å². The van der Waals surface area contributed by atoms with Crippen LogP contribution in [0.25, 0.3) is 54.6 Å². The Balaban J connectivity index is 0.000000157. The van der Waals surface area contributed by atoms with E-state index in [1.165, 1.54) is 56.3 Å². The molecular formula is C54H41I2N3. The van der Waals surface area contributed by atoms with Crippen molar-refractivity contribution >= 4 is 106 Å². The first-order valence-electron chi connectivity index (χ1n) is 19.4. The predicted octanol–water partition coefficient (Wildman–Crippen LogP) is 16.1. The Morgan fingerprint density at radius 3 is 0.983 bits per heavy atom. The molecule has 0 fully saturated rings. The number of benzene rings is 10. The summed E-state index contributed by atoms with van der Waals surface area (Å²) in [5.41, 5.74) is 16.0. The van der Waals surface area contributed by atoms with Crippen LogP contribution in [0.1, 0.15) is 0 Å². The molecule has 5 heteroatoms. The van der Waals surface area contributed by atoms with E-state index in [2.05, 4.69) is 250 Å². The van der Waals surface area contributed by atoms with E-state index in [0.717, 1.165) is 33.8 Å². The Bertz CT molecular complexity index is 2760. The lowest BCUT2D eigenvalue weighted by Crippen LogP contribution is -1.92. The molecule has 0 amide bonds. The fourth-order valence-corrected chi connectivity index (χ4v) is 7.73. The normalized spacial score (nSPS) is 10.6. The average molecular weight is 986 g/mol. The summed E-state index contributed by atoms with van der Waals surface area (Å²) < 4.78 is 2.55. The van der Waals surface area contributed by atoms with Crippen molar-refractivity contribution in [3.8, 4) is 22.3 Å². The van der Waals surface area contributed by atoms with Crippen LogP contribution in [-0.4, -0.2) is 0 Å². The number of hydrogen-bond donors (Lipinski definition) is 3. The Kier molecular flexibility index (Phi) is 12.8. The summed E-state index contributed by atoms with van der Waals surface area (Å²) in [6.07, 6.45) is 0. The molecule has 4 N–H and O–H groups in total. The lowest BCUT2D eigenvalue weighted by Gasteiger charge is -2.12. The van der Waals surface area contributed by atoms with Crippen molar-refractivity contribution in [3.05, 3.63) is 232 Å². The van der Waals surface area contributed by atoms with E-state index in [1.54, 1.807) is 0 Å². The van der Waals surface area contributed by atoms with Crippen molar-refractivity contribution in [2.45, 2.75) is 0 Å². The van der Waals surface area contributed by atoms with Gasteiger partial charge >= 0.3 is 0 Å². The molecule has 0 aromatic heterocycles. The van der Waals surface area contributed by atoms with Gasteiger partial charge in [0.2, 0.25) is 0 Å². The van der Waals surface area contributed by atoms with Crippen molar-refractivity contribution in [2.75, 3.05) is 16.4 Å². The van der Waals surface area contributed by atoms with Crippen LogP contribution in [0.15, 0.2) is 224 Å². The highest BCUT2D eigenvalue weighted by Gasteiger charge is 2.05. The minimum atomic E-state index is 0.850. The third-order valence-corrected chi connectivity index (χ3v) is 11.5. The van der Waals surface area contributed by atoms with Crippen molar-refractivity contribution in [1.82, 2.24) is 0 Å². The van der Waals surface area contributed by atoms with Gasteiger partial charge in [0.15, 0.2) is 0 Å². The highest BCUT2D eigenvalue weighted by Crippen LogP contribution is 2.31. The first-order chi connectivity index (χ1) is 29.0. The van der Waals surface area contributed by atoms with Crippen molar-refractivity contribution in [3.63, 3.8) is 0 Å². The Labute approximate surface area is 373 Å². The van der Waals surface area contributed by atoms with Gasteiger partial charge in [0.05, 0.1) is 0 Å². The van der Waals surface area contributed by atoms with Crippen LogP contribution in [-0.2, 0) is 0 Å². The van der Waals surface area contributed by atoms with Gasteiger partial charge in [-0.3, -0.25) is 0 Å². The van der Waals surface area contributed by atoms with Gasteiger partial charge in [0.25, 0.3) is 0 Å². The molecule has 10 rings (SSSR count). The molecule has 0 aliphatic heterocycles. The molecule has 0 radical (unpaired) electrons. The Morgan fingerprint density at radius 2 is 0.593 bits per heavy atom.